The van der Waals surface area contributed by atoms with E-state index in [0.29, 0.717) is 0 Å². The molecule has 1 aromatic carbocycles. The lowest BCUT2D eigenvalue weighted by Gasteiger charge is -2.10. The highest BCUT2D eigenvalue weighted by atomic mass is 35.5. The van der Waals surface area contributed by atoms with E-state index in [0.717, 1.165) is 18.5 Å². The number of anilines is 1. The van der Waals surface area contributed by atoms with Crippen LogP contribution in [0.4, 0.5) is 5.69 Å². The molecule has 0 aromatic heterocycles. The molecule has 19 heavy (non-hydrogen) atoms. The van der Waals surface area contributed by atoms with Crippen molar-refractivity contribution in [3.63, 3.8) is 0 Å². The summed E-state index contributed by atoms with van der Waals surface area (Å²) in [6, 6.07) is 7.79. The summed E-state index contributed by atoms with van der Waals surface area (Å²) in [6.45, 7) is 2.13. The normalized spacial score (nSPS) is 12.1. The lowest BCUT2D eigenvalue weighted by atomic mass is 10.0. The van der Waals surface area contributed by atoms with Crippen LogP contribution in [0.1, 0.15) is 38.2 Å². The number of hydrogen-bond acceptors (Lipinski definition) is 2. The van der Waals surface area contributed by atoms with Gasteiger partial charge < -0.3 is 10.4 Å². The number of rotatable bonds is 9. The van der Waals surface area contributed by atoms with E-state index >= 15 is 0 Å². The lowest BCUT2D eigenvalue weighted by molar-refractivity contribution is -0.134. The number of nitrogens with one attached hydrogen (secondary N) is 1. The minimum absolute atomic E-state index is 0.0610. The molecule has 0 fully saturated rings. The van der Waals surface area contributed by atoms with Gasteiger partial charge in [0.25, 0.3) is 0 Å². The molecule has 0 saturated carbocycles. The quantitative estimate of drug-likeness (QED) is 0.533. The number of carboxylic acids is 1. The van der Waals surface area contributed by atoms with Crippen molar-refractivity contribution in [1.82, 2.24) is 0 Å². The summed E-state index contributed by atoms with van der Waals surface area (Å²) < 4.78 is 0. The third kappa shape index (κ3) is 7.06. The number of carboxylic acid groups (broad SMARTS) is 1. The van der Waals surface area contributed by atoms with Gasteiger partial charge in [-0.05, 0) is 30.5 Å². The van der Waals surface area contributed by atoms with Crippen LogP contribution in [0, 0.1) is 0 Å². The Hall–Kier alpha value is -1.22. The Kier molecular flexibility index (Phi) is 7.34. The van der Waals surface area contributed by atoms with E-state index in [-0.39, 0.29) is 11.9 Å². The second-order valence-corrected chi connectivity index (χ2v) is 5.36. The molecule has 1 aromatic rings. The van der Waals surface area contributed by atoms with E-state index in [1.807, 2.05) is 24.3 Å². The lowest BCUT2D eigenvalue weighted by Crippen LogP contribution is -2.12. The maximum atomic E-state index is 10.4. The molecule has 0 heterocycles. The first-order valence-corrected chi connectivity index (χ1v) is 7.24. The van der Waals surface area contributed by atoms with Crippen molar-refractivity contribution in [2.45, 2.75) is 44.4 Å². The minimum atomic E-state index is -0.860. The van der Waals surface area contributed by atoms with Gasteiger partial charge in [0.2, 0.25) is 0 Å². The SMILES string of the molecule is CCCCCC(Cl)Cc1ccc(NCC(=O)O)cc1. The van der Waals surface area contributed by atoms with Crippen LogP contribution in [0.2, 0.25) is 0 Å². The van der Waals surface area contributed by atoms with E-state index < -0.39 is 5.97 Å². The zero-order chi connectivity index (χ0) is 14.1. The van der Waals surface area contributed by atoms with Gasteiger partial charge in [0, 0.05) is 11.1 Å². The van der Waals surface area contributed by atoms with Gasteiger partial charge in [0.1, 0.15) is 6.54 Å². The van der Waals surface area contributed by atoms with Crippen LogP contribution in [0.15, 0.2) is 24.3 Å². The molecule has 1 rings (SSSR count). The number of benzene rings is 1. The summed E-state index contributed by atoms with van der Waals surface area (Å²) in [6.07, 6.45) is 5.55. The number of alkyl halides is 1. The first-order chi connectivity index (χ1) is 9.11. The minimum Gasteiger partial charge on any atom is -0.480 e. The van der Waals surface area contributed by atoms with Crippen LogP contribution in [0.25, 0.3) is 0 Å². The van der Waals surface area contributed by atoms with Crippen molar-refractivity contribution in [3.8, 4) is 0 Å². The van der Waals surface area contributed by atoms with Crippen molar-refractivity contribution in [3.05, 3.63) is 29.8 Å². The van der Waals surface area contributed by atoms with Crippen LogP contribution in [0.3, 0.4) is 0 Å². The molecule has 0 aliphatic heterocycles. The highest BCUT2D eigenvalue weighted by molar-refractivity contribution is 6.20. The number of halogens is 1. The molecular formula is C15H22ClNO2. The molecule has 0 aliphatic carbocycles. The van der Waals surface area contributed by atoms with Gasteiger partial charge in [-0.3, -0.25) is 4.79 Å². The molecule has 0 bridgehead atoms. The van der Waals surface area contributed by atoms with Crippen LogP contribution in [-0.2, 0) is 11.2 Å². The maximum absolute atomic E-state index is 10.4. The number of hydrogen-bond donors (Lipinski definition) is 2. The second kappa shape index (κ2) is 8.81. The smallest absolute Gasteiger partial charge is 0.322 e. The molecule has 3 nitrogen and oxygen atoms in total. The number of carbonyl (C=O) groups is 1. The molecule has 106 valence electrons. The Balaban J connectivity index is 2.36. The second-order valence-electron chi connectivity index (χ2n) is 4.74. The summed E-state index contributed by atoms with van der Waals surface area (Å²) in [7, 11) is 0. The third-order valence-corrected chi connectivity index (χ3v) is 3.35. The monoisotopic (exact) mass is 283 g/mol. The predicted molar refractivity (Wildman–Crippen MR) is 80.1 cm³/mol. The van der Waals surface area contributed by atoms with Gasteiger partial charge in [-0.1, -0.05) is 38.3 Å². The van der Waals surface area contributed by atoms with Gasteiger partial charge >= 0.3 is 5.97 Å². The largest absolute Gasteiger partial charge is 0.480 e. The van der Waals surface area contributed by atoms with Crippen molar-refractivity contribution in [1.29, 1.82) is 0 Å². The summed E-state index contributed by atoms with van der Waals surface area (Å²) in [4.78, 5) is 10.4. The Morgan fingerprint density at radius 1 is 1.32 bits per heavy atom. The fraction of sp³-hybridized carbons (Fsp3) is 0.533. The molecule has 0 radical (unpaired) electrons. The van der Waals surface area contributed by atoms with Crippen molar-refractivity contribution < 1.29 is 9.90 Å². The zero-order valence-corrected chi connectivity index (χ0v) is 12.1. The summed E-state index contributed by atoms with van der Waals surface area (Å²) in [5.74, 6) is -0.860. The van der Waals surface area contributed by atoms with Gasteiger partial charge in [0.05, 0.1) is 0 Å². The number of aliphatic carboxylic acids is 1. The summed E-state index contributed by atoms with van der Waals surface area (Å²) >= 11 is 6.30. The molecule has 4 heteroatoms. The van der Waals surface area contributed by atoms with Crippen LogP contribution < -0.4 is 5.32 Å². The molecular weight excluding hydrogens is 262 g/mol. The Labute approximate surface area is 120 Å². The summed E-state index contributed by atoms with van der Waals surface area (Å²) in [5, 5.41) is 11.6. The topological polar surface area (TPSA) is 49.3 Å². The van der Waals surface area contributed by atoms with E-state index in [1.54, 1.807) is 0 Å². The maximum Gasteiger partial charge on any atom is 0.322 e. The van der Waals surface area contributed by atoms with Crippen LogP contribution in [0.5, 0.6) is 0 Å². The average molecular weight is 284 g/mol. The van der Waals surface area contributed by atoms with Gasteiger partial charge in [-0.25, -0.2) is 0 Å². The molecule has 1 atom stereocenters. The van der Waals surface area contributed by atoms with Crippen LogP contribution in [-0.4, -0.2) is 23.0 Å². The van der Waals surface area contributed by atoms with Gasteiger partial charge in [0.15, 0.2) is 0 Å². The van der Waals surface area contributed by atoms with Crippen LogP contribution >= 0.6 is 11.6 Å². The van der Waals surface area contributed by atoms with Crippen molar-refractivity contribution in [2.75, 3.05) is 11.9 Å². The molecule has 2 N–H and O–H groups in total. The predicted octanol–water partition coefficient (Wildman–Crippen LogP) is 3.91. The highest BCUT2D eigenvalue weighted by Gasteiger charge is 2.06. The highest BCUT2D eigenvalue weighted by Crippen LogP contribution is 2.17. The first-order valence-electron chi connectivity index (χ1n) is 6.80. The molecule has 0 aliphatic rings. The Morgan fingerprint density at radius 3 is 2.58 bits per heavy atom. The Morgan fingerprint density at radius 2 is 2.00 bits per heavy atom. The first kappa shape index (κ1) is 15.8. The van der Waals surface area contributed by atoms with Gasteiger partial charge in [-0.2, -0.15) is 0 Å². The van der Waals surface area contributed by atoms with Crippen molar-refractivity contribution >= 4 is 23.3 Å². The fourth-order valence-electron chi connectivity index (χ4n) is 1.91. The van der Waals surface area contributed by atoms with Crippen molar-refractivity contribution in [2.24, 2.45) is 0 Å². The fourth-order valence-corrected chi connectivity index (χ4v) is 2.24. The molecule has 0 spiro atoms. The molecule has 0 amide bonds. The molecule has 0 saturated heterocycles. The van der Waals surface area contributed by atoms with E-state index in [9.17, 15) is 4.79 Å². The third-order valence-electron chi connectivity index (χ3n) is 2.98. The standard InChI is InChI=1S/C15H22ClNO2/c1-2-3-4-5-13(16)10-12-6-8-14(9-7-12)17-11-15(18)19/h6-9,13,17H,2-5,10-11H2,1H3,(H,18,19). The van der Waals surface area contributed by atoms with E-state index in [2.05, 4.69) is 12.2 Å². The zero-order valence-electron chi connectivity index (χ0n) is 11.4. The van der Waals surface area contributed by atoms with E-state index in [1.165, 1.54) is 24.8 Å². The summed E-state index contributed by atoms with van der Waals surface area (Å²) in [5.41, 5.74) is 2.01. The van der Waals surface area contributed by atoms with E-state index in [4.69, 9.17) is 16.7 Å². The molecule has 1 unspecified atom stereocenters. The average Bonchev–Trinajstić information content (AvgIpc) is 2.38. The Bertz CT molecular complexity index is 378. The van der Waals surface area contributed by atoms with Gasteiger partial charge in [-0.15, -0.1) is 11.6 Å². The number of unbranched alkanes of at least 4 members (excludes halogenated alkanes) is 2.